The lowest BCUT2D eigenvalue weighted by atomic mass is 10.1. The van der Waals surface area contributed by atoms with Crippen molar-refractivity contribution in [3.63, 3.8) is 0 Å². The predicted molar refractivity (Wildman–Crippen MR) is 87.1 cm³/mol. The number of thiophene rings is 1. The third-order valence-electron chi connectivity index (χ3n) is 3.86. The summed E-state index contributed by atoms with van der Waals surface area (Å²) < 4.78 is 5.86. The third-order valence-corrected chi connectivity index (χ3v) is 5.09. The van der Waals surface area contributed by atoms with E-state index in [2.05, 4.69) is 24.2 Å². The number of amides is 1. The normalized spacial score (nSPS) is 17.0. The lowest BCUT2D eigenvalue weighted by Crippen LogP contribution is -2.34. The Balaban J connectivity index is 1.56. The Morgan fingerprint density at radius 2 is 2.19 bits per heavy atom. The molecule has 1 saturated heterocycles. The molecule has 0 aromatic carbocycles. The van der Waals surface area contributed by atoms with Gasteiger partial charge in [0.15, 0.2) is 0 Å². The molecule has 1 aromatic heterocycles. The highest BCUT2D eigenvalue weighted by Gasteiger charge is 2.16. The molecule has 118 valence electrons. The molecule has 0 spiro atoms. The van der Waals surface area contributed by atoms with Crippen LogP contribution in [0.2, 0.25) is 0 Å². The number of aryl methyl sites for hydroxylation is 1. The molecule has 5 heteroatoms. The summed E-state index contributed by atoms with van der Waals surface area (Å²) in [6.45, 7) is 5.77. The van der Waals surface area contributed by atoms with Crippen molar-refractivity contribution in [2.45, 2.75) is 38.7 Å². The van der Waals surface area contributed by atoms with Crippen LogP contribution >= 0.6 is 11.3 Å². The number of piperidine rings is 1. The van der Waals surface area contributed by atoms with Crippen LogP contribution in [-0.2, 0) is 11.2 Å². The Hall–Kier alpha value is -0.910. The van der Waals surface area contributed by atoms with Gasteiger partial charge in [0.25, 0.3) is 5.91 Å². The van der Waals surface area contributed by atoms with Crippen molar-refractivity contribution in [1.29, 1.82) is 0 Å². The topological polar surface area (TPSA) is 41.6 Å². The van der Waals surface area contributed by atoms with Crippen LogP contribution in [0.1, 0.15) is 40.7 Å². The molecule has 1 N–H and O–H groups in total. The largest absolute Gasteiger partial charge is 0.378 e. The SMILES string of the molecule is CCc1ccc(C(=O)NCCCOC2CCN(C)CC2)s1. The van der Waals surface area contributed by atoms with Crippen molar-refractivity contribution >= 4 is 17.2 Å². The minimum absolute atomic E-state index is 0.0407. The fourth-order valence-electron chi connectivity index (χ4n) is 2.45. The summed E-state index contributed by atoms with van der Waals surface area (Å²) in [5.41, 5.74) is 0. The van der Waals surface area contributed by atoms with Gasteiger partial charge < -0.3 is 15.0 Å². The molecule has 0 bridgehead atoms. The smallest absolute Gasteiger partial charge is 0.261 e. The minimum Gasteiger partial charge on any atom is -0.378 e. The van der Waals surface area contributed by atoms with E-state index in [4.69, 9.17) is 4.74 Å². The summed E-state index contributed by atoms with van der Waals surface area (Å²) in [7, 11) is 2.15. The van der Waals surface area contributed by atoms with E-state index in [0.29, 0.717) is 12.6 Å². The Morgan fingerprint density at radius 3 is 2.86 bits per heavy atom. The van der Waals surface area contributed by atoms with Crippen LogP contribution in [-0.4, -0.2) is 50.2 Å². The molecule has 0 saturated carbocycles. The molecule has 0 aliphatic carbocycles. The summed E-state index contributed by atoms with van der Waals surface area (Å²) in [6, 6.07) is 3.94. The van der Waals surface area contributed by atoms with Gasteiger partial charge in [-0.05, 0) is 44.9 Å². The Labute approximate surface area is 131 Å². The molecule has 4 nitrogen and oxygen atoms in total. The monoisotopic (exact) mass is 310 g/mol. The first-order valence-electron chi connectivity index (χ1n) is 7.86. The van der Waals surface area contributed by atoms with Gasteiger partial charge in [-0.25, -0.2) is 0 Å². The summed E-state index contributed by atoms with van der Waals surface area (Å²) in [5, 5.41) is 2.96. The number of carbonyl (C=O) groups is 1. The van der Waals surface area contributed by atoms with Gasteiger partial charge in [-0.2, -0.15) is 0 Å². The first kappa shape index (κ1) is 16.5. The van der Waals surface area contributed by atoms with Gasteiger partial charge in [-0.1, -0.05) is 6.92 Å². The molecule has 1 aliphatic rings. The molecular weight excluding hydrogens is 284 g/mol. The summed E-state index contributed by atoms with van der Waals surface area (Å²) in [6.07, 6.45) is 4.52. The van der Waals surface area contributed by atoms with Crippen molar-refractivity contribution in [3.8, 4) is 0 Å². The number of nitrogens with one attached hydrogen (secondary N) is 1. The van der Waals surface area contributed by atoms with E-state index in [9.17, 15) is 4.79 Å². The van der Waals surface area contributed by atoms with E-state index in [1.54, 1.807) is 11.3 Å². The summed E-state index contributed by atoms with van der Waals surface area (Å²) >= 11 is 1.58. The van der Waals surface area contributed by atoms with E-state index in [1.807, 2.05) is 12.1 Å². The molecule has 2 rings (SSSR count). The first-order valence-corrected chi connectivity index (χ1v) is 8.67. The fourth-order valence-corrected chi connectivity index (χ4v) is 3.32. The van der Waals surface area contributed by atoms with Gasteiger partial charge in [0.2, 0.25) is 0 Å². The lowest BCUT2D eigenvalue weighted by Gasteiger charge is -2.28. The van der Waals surface area contributed by atoms with Gasteiger partial charge in [-0.15, -0.1) is 11.3 Å². The predicted octanol–water partition coefficient (Wildman–Crippen LogP) is 2.54. The van der Waals surface area contributed by atoms with E-state index >= 15 is 0 Å². The van der Waals surface area contributed by atoms with E-state index in [0.717, 1.165) is 50.3 Å². The number of nitrogens with zero attached hydrogens (tertiary/aromatic N) is 1. The highest BCUT2D eigenvalue weighted by molar-refractivity contribution is 7.14. The number of ether oxygens (including phenoxy) is 1. The molecule has 2 heterocycles. The first-order chi connectivity index (χ1) is 10.2. The maximum absolute atomic E-state index is 11.9. The van der Waals surface area contributed by atoms with Crippen LogP contribution in [0.3, 0.4) is 0 Å². The number of likely N-dealkylation sites (tertiary alicyclic amines) is 1. The molecule has 0 atom stereocenters. The van der Waals surface area contributed by atoms with Gasteiger partial charge in [0.1, 0.15) is 0 Å². The molecule has 1 fully saturated rings. The molecular formula is C16H26N2O2S. The van der Waals surface area contributed by atoms with Crippen LogP contribution in [0.25, 0.3) is 0 Å². The highest BCUT2D eigenvalue weighted by atomic mass is 32.1. The van der Waals surface area contributed by atoms with Crippen molar-refractivity contribution in [3.05, 3.63) is 21.9 Å². The van der Waals surface area contributed by atoms with E-state index in [-0.39, 0.29) is 5.91 Å². The second kappa shape index (κ2) is 8.51. The van der Waals surface area contributed by atoms with E-state index in [1.165, 1.54) is 4.88 Å². The molecule has 1 amide bonds. The Bertz CT molecular complexity index is 439. The van der Waals surface area contributed by atoms with Crippen molar-refractivity contribution in [2.75, 3.05) is 33.3 Å². The molecule has 1 aromatic rings. The van der Waals surface area contributed by atoms with Gasteiger partial charge >= 0.3 is 0 Å². The Morgan fingerprint density at radius 1 is 1.43 bits per heavy atom. The van der Waals surface area contributed by atoms with Crippen LogP contribution in [0.15, 0.2) is 12.1 Å². The lowest BCUT2D eigenvalue weighted by molar-refractivity contribution is 0.0117. The zero-order valence-electron chi connectivity index (χ0n) is 13.1. The van der Waals surface area contributed by atoms with E-state index < -0.39 is 0 Å². The van der Waals surface area contributed by atoms with Crippen LogP contribution in [0, 0.1) is 0 Å². The van der Waals surface area contributed by atoms with Crippen LogP contribution < -0.4 is 5.32 Å². The maximum atomic E-state index is 11.9. The summed E-state index contributed by atoms with van der Waals surface area (Å²) in [4.78, 5) is 16.3. The molecule has 1 aliphatic heterocycles. The summed E-state index contributed by atoms with van der Waals surface area (Å²) in [5.74, 6) is 0.0407. The maximum Gasteiger partial charge on any atom is 0.261 e. The minimum atomic E-state index is 0.0407. The quantitative estimate of drug-likeness (QED) is 0.787. The average molecular weight is 310 g/mol. The third kappa shape index (κ3) is 5.41. The Kier molecular flexibility index (Phi) is 6.67. The standard InChI is InChI=1S/C16H26N2O2S/c1-3-14-5-6-15(21-14)16(19)17-9-4-12-20-13-7-10-18(2)11-8-13/h5-6,13H,3-4,7-12H2,1-2H3,(H,17,19). The van der Waals surface area contributed by atoms with Crippen LogP contribution in [0.5, 0.6) is 0 Å². The van der Waals surface area contributed by atoms with Crippen LogP contribution in [0.4, 0.5) is 0 Å². The average Bonchev–Trinajstić information content (AvgIpc) is 2.98. The van der Waals surface area contributed by atoms with Crippen molar-refractivity contribution < 1.29 is 9.53 Å². The zero-order chi connectivity index (χ0) is 15.1. The van der Waals surface area contributed by atoms with Gasteiger partial charge in [-0.3, -0.25) is 4.79 Å². The van der Waals surface area contributed by atoms with Gasteiger partial charge in [0, 0.05) is 31.1 Å². The second-order valence-corrected chi connectivity index (χ2v) is 6.77. The molecule has 21 heavy (non-hydrogen) atoms. The van der Waals surface area contributed by atoms with Crippen molar-refractivity contribution in [2.24, 2.45) is 0 Å². The molecule has 0 radical (unpaired) electrons. The van der Waals surface area contributed by atoms with Gasteiger partial charge in [0.05, 0.1) is 11.0 Å². The number of rotatable bonds is 7. The number of hydrogen-bond donors (Lipinski definition) is 1. The number of hydrogen-bond acceptors (Lipinski definition) is 4. The molecule has 0 unspecified atom stereocenters. The highest BCUT2D eigenvalue weighted by Crippen LogP contribution is 2.16. The van der Waals surface area contributed by atoms with Crippen molar-refractivity contribution in [1.82, 2.24) is 10.2 Å². The fraction of sp³-hybridized carbons (Fsp3) is 0.688. The second-order valence-electron chi connectivity index (χ2n) is 5.60. The zero-order valence-corrected chi connectivity index (χ0v) is 13.9. The number of carbonyl (C=O) groups excluding carboxylic acids is 1.